The van der Waals surface area contributed by atoms with E-state index < -0.39 is 0 Å². The molecule has 3 heterocycles. The van der Waals surface area contributed by atoms with E-state index in [-0.39, 0.29) is 11.2 Å². The van der Waals surface area contributed by atoms with Crippen molar-refractivity contribution in [1.82, 2.24) is 10.2 Å². The Balaban J connectivity index is 1.75. The molecular formula is C17H15N3O2S. The highest BCUT2D eigenvalue weighted by Gasteiger charge is 2.30. The van der Waals surface area contributed by atoms with Crippen molar-refractivity contribution < 1.29 is 9.21 Å². The topological polar surface area (TPSA) is 70.9 Å². The van der Waals surface area contributed by atoms with E-state index in [9.17, 15) is 4.79 Å². The van der Waals surface area contributed by atoms with E-state index >= 15 is 0 Å². The third-order valence-corrected chi connectivity index (χ3v) is 5.07. The molecule has 23 heavy (non-hydrogen) atoms. The zero-order valence-electron chi connectivity index (χ0n) is 12.5. The summed E-state index contributed by atoms with van der Waals surface area (Å²) in [7, 11) is 0. The maximum atomic E-state index is 11.8. The first-order valence-electron chi connectivity index (χ1n) is 7.34. The highest BCUT2D eigenvalue weighted by molar-refractivity contribution is 8.00. The predicted molar refractivity (Wildman–Crippen MR) is 90.4 cm³/mol. The Hall–Kier alpha value is -2.47. The van der Waals surface area contributed by atoms with Gasteiger partial charge in [-0.15, -0.1) is 11.8 Å². The van der Waals surface area contributed by atoms with Gasteiger partial charge >= 0.3 is 0 Å². The van der Waals surface area contributed by atoms with Crippen molar-refractivity contribution in [3.05, 3.63) is 59.5 Å². The van der Waals surface area contributed by atoms with Crippen LogP contribution in [0.25, 0.3) is 11.3 Å². The fraction of sp³-hybridized carbons (Fsp3) is 0.176. The summed E-state index contributed by atoms with van der Waals surface area (Å²) in [6, 6.07) is 13.9. The fourth-order valence-corrected chi connectivity index (χ4v) is 3.88. The Labute approximate surface area is 137 Å². The molecule has 6 heteroatoms. The van der Waals surface area contributed by atoms with Crippen molar-refractivity contribution in [2.24, 2.45) is 0 Å². The van der Waals surface area contributed by atoms with Crippen molar-refractivity contribution in [3.8, 4) is 11.3 Å². The van der Waals surface area contributed by atoms with Gasteiger partial charge in [0.1, 0.15) is 11.5 Å². The summed E-state index contributed by atoms with van der Waals surface area (Å²) in [5.74, 6) is 2.59. The second kappa shape index (κ2) is 5.62. The first-order valence-corrected chi connectivity index (χ1v) is 8.38. The minimum Gasteiger partial charge on any atom is -0.460 e. The van der Waals surface area contributed by atoms with E-state index in [4.69, 9.17) is 4.42 Å². The van der Waals surface area contributed by atoms with Gasteiger partial charge in [0, 0.05) is 16.8 Å². The molecule has 2 N–H and O–H groups in total. The molecule has 1 atom stereocenters. The summed E-state index contributed by atoms with van der Waals surface area (Å²) >= 11 is 1.55. The molecule has 0 spiro atoms. The smallest absolute Gasteiger partial charge is 0.235 e. The van der Waals surface area contributed by atoms with Gasteiger partial charge in [0.05, 0.1) is 11.0 Å². The number of nitrogens with zero attached hydrogens (tertiary/aromatic N) is 1. The first kappa shape index (κ1) is 14.1. The summed E-state index contributed by atoms with van der Waals surface area (Å²) in [4.78, 5) is 11.8. The number of hydrogen-bond acceptors (Lipinski definition) is 4. The summed E-state index contributed by atoms with van der Waals surface area (Å²) in [5, 5.41) is 9.92. The average Bonchev–Trinajstić information content (AvgIpc) is 3.14. The third-order valence-electron chi connectivity index (χ3n) is 3.84. The van der Waals surface area contributed by atoms with Gasteiger partial charge in [0.15, 0.2) is 5.82 Å². The number of thioether (sulfide) groups is 1. The lowest BCUT2D eigenvalue weighted by Gasteiger charge is -2.11. The normalized spacial score (nSPS) is 17.4. The largest absolute Gasteiger partial charge is 0.460 e. The van der Waals surface area contributed by atoms with Crippen LogP contribution in [0.4, 0.5) is 5.82 Å². The molecule has 3 aromatic rings. The number of rotatable bonds is 2. The van der Waals surface area contributed by atoms with Crippen LogP contribution in [0.2, 0.25) is 0 Å². The predicted octanol–water partition coefficient (Wildman–Crippen LogP) is 3.75. The summed E-state index contributed by atoms with van der Waals surface area (Å²) < 4.78 is 6.08. The van der Waals surface area contributed by atoms with Gasteiger partial charge in [0.25, 0.3) is 0 Å². The molecule has 2 aromatic heterocycles. The minimum atomic E-state index is -0.0554. The highest BCUT2D eigenvalue weighted by atomic mass is 32.2. The Morgan fingerprint density at radius 3 is 2.87 bits per heavy atom. The Morgan fingerprint density at radius 2 is 2.04 bits per heavy atom. The van der Waals surface area contributed by atoms with E-state index in [1.807, 2.05) is 49.4 Å². The Morgan fingerprint density at radius 1 is 1.22 bits per heavy atom. The molecule has 116 valence electrons. The van der Waals surface area contributed by atoms with E-state index in [0.29, 0.717) is 11.6 Å². The lowest BCUT2D eigenvalue weighted by molar-refractivity contribution is -0.113. The van der Waals surface area contributed by atoms with Crippen LogP contribution in [0.1, 0.15) is 22.3 Å². The van der Waals surface area contributed by atoms with Crippen molar-refractivity contribution in [2.45, 2.75) is 12.2 Å². The minimum absolute atomic E-state index is 0.0416. The van der Waals surface area contributed by atoms with Gasteiger partial charge in [0.2, 0.25) is 5.91 Å². The second-order valence-corrected chi connectivity index (χ2v) is 6.51. The number of carbonyl (C=O) groups excluding carboxylic acids is 1. The van der Waals surface area contributed by atoms with E-state index in [0.717, 1.165) is 28.3 Å². The molecule has 0 saturated heterocycles. The SMILES string of the molecule is Cc1[nH]nc2c1C(c1ccc(-c3ccccc3)o1)SCC(=O)N2. The molecule has 1 aliphatic rings. The number of nitrogens with one attached hydrogen (secondary N) is 2. The zero-order valence-corrected chi connectivity index (χ0v) is 13.3. The van der Waals surface area contributed by atoms with Gasteiger partial charge in [-0.05, 0) is 19.1 Å². The summed E-state index contributed by atoms with van der Waals surface area (Å²) in [6.07, 6.45) is 0. The molecule has 0 radical (unpaired) electrons. The highest BCUT2D eigenvalue weighted by Crippen LogP contribution is 2.43. The molecule has 0 bridgehead atoms. The zero-order chi connectivity index (χ0) is 15.8. The number of amides is 1. The van der Waals surface area contributed by atoms with Crippen LogP contribution in [0.5, 0.6) is 0 Å². The van der Waals surface area contributed by atoms with Crippen LogP contribution in [0.3, 0.4) is 0 Å². The van der Waals surface area contributed by atoms with Crippen LogP contribution in [0, 0.1) is 6.92 Å². The van der Waals surface area contributed by atoms with Crippen LogP contribution >= 0.6 is 11.8 Å². The average molecular weight is 325 g/mol. The number of aromatic amines is 1. The number of aryl methyl sites for hydroxylation is 1. The maximum absolute atomic E-state index is 11.8. The second-order valence-electron chi connectivity index (χ2n) is 5.42. The molecule has 1 amide bonds. The van der Waals surface area contributed by atoms with Gasteiger partial charge in [-0.2, -0.15) is 5.10 Å². The van der Waals surface area contributed by atoms with Gasteiger partial charge in [-0.25, -0.2) is 0 Å². The third kappa shape index (κ3) is 2.55. The van der Waals surface area contributed by atoms with Gasteiger partial charge in [-0.3, -0.25) is 9.89 Å². The molecule has 0 aliphatic carbocycles. The summed E-state index contributed by atoms with van der Waals surface area (Å²) in [6.45, 7) is 1.96. The van der Waals surface area contributed by atoms with Crippen molar-refractivity contribution in [3.63, 3.8) is 0 Å². The molecule has 0 saturated carbocycles. The van der Waals surface area contributed by atoms with E-state index in [1.165, 1.54) is 0 Å². The molecule has 1 unspecified atom stereocenters. The van der Waals surface area contributed by atoms with Crippen LogP contribution < -0.4 is 5.32 Å². The standard InChI is InChI=1S/C17H15N3O2S/c1-10-15-16(23-9-14(21)18-17(15)20-19-10)13-8-7-12(22-13)11-5-3-2-4-6-11/h2-8,16H,9H2,1H3,(H2,18,19,20,21). The van der Waals surface area contributed by atoms with Gasteiger partial charge in [-0.1, -0.05) is 30.3 Å². The van der Waals surface area contributed by atoms with E-state index in [1.54, 1.807) is 11.8 Å². The molecular weight excluding hydrogens is 310 g/mol. The lowest BCUT2D eigenvalue weighted by Crippen LogP contribution is -2.12. The van der Waals surface area contributed by atoms with Crippen LogP contribution in [-0.4, -0.2) is 21.9 Å². The number of aromatic nitrogens is 2. The fourth-order valence-electron chi connectivity index (χ4n) is 2.74. The number of anilines is 1. The van der Waals surface area contributed by atoms with Crippen molar-refractivity contribution in [2.75, 3.05) is 11.1 Å². The van der Waals surface area contributed by atoms with Crippen LogP contribution in [0.15, 0.2) is 46.9 Å². The van der Waals surface area contributed by atoms with Crippen molar-refractivity contribution in [1.29, 1.82) is 0 Å². The Kier molecular flexibility index (Phi) is 3.46. The van der Waals surface area contributed by atoms with Crippen LogP contribution in [-0.2, 0) is 4.79 Å². The quantitative estimate of drug-likeness (QED) is 0.753. The monoisotopic (exact) mass is 325 g/mol. The summed E-state index contributed by atoms with van der Waals surface area (Å²) in [5.41, 5.74) is 2.96. The van der Waals surface area contributed by atoms with Gasteiger partial charge < -0.3 is 9.73 Å². The van der Waals surface area contributed by atoms with E-state index in [2.05, 4.69) is 15.5 Å². The molecule has 1 aliphatic heterocycles. The number of furan rings is 1. The molecule has 1 aromatic carbocycles. The number of benzene rings is 1. The molecule has 5 nitrogen and oxygen atoms in total. The number of hydrogen-bond donors (Lipinski definition) is 2. The number of carbonyl (C=O) groups is 1. The number of fused-ring (bicyclic) bond motifs is 1. The molecule has 4 rings (SSSR count). The maximum Gasteiger partial charge on any atom is 0.235 e. The molecule has 0 fully saturated rings. The van der Waals surface area contributed by atoms with Crippen molar-refractivity contribution >= 4 is 23.5 Å². The Bertz CT molecular complexity index is 854. The number of H-pyrrole nitrogens is 1. The lowest BCUT2D eigenvalue weighted by atomic mass is 10.1. The first-order chi connectivity index (χ1) is 11.2.